The monoisotopic (exact) mass is 222 g/mol. The summed E-state index contributed by atoms with van der Waals surface area (Å²) in [6, 6.07) is 5.06. The summed E-state index contributed by atoms with van der Waals surface area (Å²) in [4.78, 5) is 11.8. The Morgan fingerprint density at radius 3 is 3.00 bits per heavy atom. The minimum absolute atomic E-state index is 0.103. The van der Waals surface area contributed by atoms with Crippen molar-refractivity contribution in [2.75, 3.05) is 17.7 Å². The molecule has 1 unspecified atom stereocenters. The third-order valence-electron chi connectivity index (χ3n) is 2.66. The minimum Gasteiger partial charge on any atom is -0.475 e. The van der Waals surface area contributed by atoms with E-state index in [1.807, 2.05) is 0 Å². The van der Waals surface area contributed by atoms with E-state index < -0.39 is 5.60 Å². The van der Waals surface area contributed by atoms with Crippen molar-refractivity contribution in [3.8, 4) is 5.75 Å². The molecule has 0 aromatic heterocycles. The highest BCUT2D eigenvalue weighted by Gasteiger charge is 2.39. The second-order valence-corrected chi connectivity index (χ2v) is 4.02. The summed E-state index contributed by atoms with van der Waals surface area (Å²) >= 11 is 0. The number of aliphatic hydroxyl groups excluding tert-OH is 1. The van der Waals surface area contributed by atoms with Gasteiger partial charge in [-0.1, -0.05) is 0 Å². The SMILES string of the molecule is CC1(CCO)Oc2ccc(N)cc2NC1=O. The highest BCUT2D eigenvalue weighted by molar-refractivity contribution is 6.00. The molecule has 86 valence electrons. The van der Waals surface area contributed by atoms with Gasteiger partial charge in [0.05, 0.1) is 5.69 Å². The van der Waals surface area contributed by atoms with Crippen LogP contribution in [0.1, 0.15) is 13.3 Å². The van der Waals surface area contributed by atoms with E-state index >= 15 is 0 Å². The Labute approximate surface area is 93.2 Å². The maximum Gasteiger partial charge on any atom is 0.268 e. The molecule has 4 N–H and O–H groups in total. The second kappa shape index (κ2) is 3.68. The zero-order chi connectivity index (χ0) is 11.8. The first kappa shape index (κ1) is 10.8. The number of hydrogen-bond acceptors (Lipinski definition) is 4. The van der Waals surface area contributed by atoms with Crippen molar-refractivity contribution in [1.29, 1.82) is 0 Å². The summed E-state index contributed by atoms with van der Waals surface area (Å²) in [5.41, 5.74) is 5.72. The number of amides is 1. The fourth-order valence-corrected chi connectivity index (χ4v) is 1.66. The minimum atomic E-state index is -1.02. The van der Waals surface area contributed by atoms with Gasteiger partial charge in [-0.2, -0.15) is 0 Å². The smallest absolute Gasteiger partial charge is 0.268 e. The Morgan fingerprint density at radius 1 is 1.56 bits per heavy atom. The topological polar surface area (TPSA) is 84.6 Å². The number of rotatable bonds is 2. The van der Waals surface area contributed by atoms with E-state index in [-0.39, 0.29) is 18.9 Å². The van der Waals surface area contributed by atoms with Crippen molar-refractivity contribution < 1.29 is 14.6 Å². The standard InChI is InChI=1S/C11H14N2O3/c1-11(4-5-14)10(15)13-8-6-7(12)2-3-9(8)16-11/h2-3,6,14H,4-5,12H2,1H3,(H,13,15). The lowest BCUT2D eigenvalue weighted by Crippen LogP contribution is -2.49. The summed E-state index contributed by atoms with van der Waals surface area (Å²) in [6.45, 7) is 1.55. The van der Waals surface area contributed by atoms with Gasteiger partial charge >= 0.3 is 0 Å². The molecule has 0 fully saturated rings. The fourth-order valence-electron chi connectivity index (χ4n) is 1.66. The van der Waals surface area contributed by atoms with Gasteiger partial charge in [-0.3, -0.25) is 4.79 Å². The largest absolute Gasteiger partial charge is 0.475 e. The summed E-state index contributed by atoms with van der Waals surface area (Å²) in [5, 5.41) is 11.6. The van der Waals surface area contributed by atoms with E-state index in [2.05, 4.69) is 5.32 Å². The van der Waals surface area contributed by atoms with Crippen LogP contribution in [0.4, 0.5) is 11.4 Å². The Morgan fingerprint density at radius 2 is 2.31 bits per heavy atom. The zero-order valence-corrected chi connectivity index (χ0v) is 8.99. The number of carbonyl (C=O) groups is 1. The Bertz CT molecular complexity index is 433. The van der Waals surface area contributed by atoms with Gasteiger partial charge in [-0.15, -0.1) is 0 Å². The van der Waals surface area contributed by atoms with Gasteiger partial charge in [0.2, 0.25) is 0 Å². The number of benzene rings is 1. The lowest BCUT2D eigenvalue weighted by atomic mass is 9.99. The van der Waals surface area contributed by atoms with Gasteiger partial charge in [0, 0.05) is 18.7 Å². The number of aliphatic hydroxyl groups is 1. The summed E-state index contributed by atoms with van der Waals surface area (Å²) in [6.07, 6.45) is 0.253. The van der Waals surface area contributed by atoms with Crippen LogP contribution >= 0.6 is 0 Å². The average molecular weight is 222 g/mol. The molecule has 0 radical (unpaired) electrons. The number of hydrogen-bond donors (Lipinski definition) is 3. The van der Waals surface area contributed by atoms with E-state index in [0.29, 0.717) is 17.1 Å². The Hall–Kier alpha value is -1.75. The molecule has 5 nitrogen and oxygen atoms in total. The molecule has 16 heavy (non-hydrogen) atoms. The molecule has 0 bridgehead atoms. The van der Waals surface area contributed by atoms with E-state index in [1.165, 1.54) is 0 Å². The van der Waals surface area contributed by atoms with Crippen LogP contribution in [-0.2, 0) is 4.79 Å². The van der Waals surface area contributed by atoms with Gasteiger partial charge in [0.1, 0.15) is 5.75 Å². The van der Waals surface area contributed by atoms with Crippen LogP contribution < -0.4 is 15.8 Å². The molecule has 1 heterocycles. The van der Waals surface area contributed by atoms with E-state index in [0.717, 1.165) is 0 Å². The van der Waals surface area contributed by atoms with E-state index in [4.69, 9.17) is 15.6 Å². The maximum atomic E-state index is 11.8. The number of carbonyl (C=O) groups excluding carboxylic acids is 1. The van der Waals surface area contributed by atoms with Crippen molar-refractivity contribution in [3.63, 3.8) is 0 Å². The third kappa shape index (κ3) is 1.69. The summed E-state index contributed by atoms with van der Waals surface area (Å²) in [5.74, 6) is 0.310. The molecule has 2 rings (SSSR count). The van der Waals surface area contributed by atoms with Crippen molar-refractivity contribution in [3.05, 3.63) is 18.2 Å². The van der Waals surface area contributed by atoms with Crippen molar-refractivity contribution >= 4 is 17.3 Å². The lowest BCUT2D eigenvalue weighted by Gasteiger charge is -2.34. The summed E-state index contributed by atoms with van der Waals surface area (Å²) in [7, 11) is 0. The Balaban J connectivity index is 2.35. The first-order valence-electron chi connectivity index (χ1n) is 5.06. The molecule has 5 heteroatoms. The number of nitrogens with two attached hydrogens (primary N) is 1. The quantitative estimate of drug-likeness (QED) is 0.644. The van der Waals surface area contributed by atoms with Crippen LogP contribution in [0.3, 0.4) is 0 Å². The molecular formula is C11H14N2O3. The highest BCUT2D eigenvalue weighted by atomic mass is 16.5. The molecular weight excluding hydrogens is 208 g/mol. The summed E-state index contributed by atoms with van der Waals surface area (Å²) < 4.78 is 5.60. The zero-order valence-electron chi connectivity index (χ0n) is 8.99. The predicted octanol–water partition coefficient (Wildman–Crippen LogP) is 0.741. The maximum absolute atomic E-state index is 11.8. The second-order valence-electron chi connectivity index (χ2n) is 4.02. The van der Waals surface area contributed by atoms with Gasteiger partial charge in [0.15, 0.2) is 5.60 Å². The molecule has 1 aromatic carbocycles. The molecule has 0 saturated heterocycles. The van der Waals surface area contributed by atoms with Crippen molar-refractivity contribution in [1.82, 2.24) is 0 Å². The van der Waals surface area contributed by atoms with Crippen molar-refractivity contribution in [2.24, 2.45) is 0 Å². The fraction of sp³-hybridized carbons (Fsp3) is 0.364. The molecule has 1 aliphatic rings. The number of nitrogen functional groups attached to an aromatic ring is 1. The molecule has 1 atom stereocenters. The van der Waals surface area contributed by atoms with E-state index in [1.54, 1.807) is 25.1 Å². The van der Waals surface area contributed by atoms with Crippen LogP contribution in [0.25, 0.3) is 0 Å². The van der Waals surface area contributed by atoms with Crippen molar-refractivity contribution in [2.45, 2.75) is 18.9 Å². The third-order valence-corrected chi connectivity index (χ3v) is 2.66. The number of fused-ring (bicyclic) bond motifs is 1. The van der Waals surface area contributed by atoms with Crippen LogP contribution in [0, 0.1) is 0 Å². The molecule has 1 aromatic rings. The molecule has 0 saturated carbocycles. The van der Waals surface area contributed by atoms with Crippen LogP contribution in [-0.4, -0.2) is 23.2 Å². The normalized spacial score (nSPS) is 23.2. The Kier molecular flexibility index (Phi) is 2.47. The number of ether oxygens (including phenoxy) is 1. The average Bonchev–Trinajstić information content (AvgIpc) is 2.21. The molecule has 0 aliphatic carbocycles. The first-order valence-corrected chi connectivity index (χ1v) is 5.06. The highest BCUT2D eigenvalue weighted by Crippen LogP contribution is 2.35. The van der Waals surface area contributed by atoms with Crippen LogP contribution in [0.15, 0.2) is 18.2 Å². The van der Waals surface area contributed by atoms with Gasteiger partial charge in [0.25, 0.3) is 5.91 Å². The number of nitrogens with one attached hydrogen (secondary N) is 1. The molecule has 0 spiro atoms. The van der Waals surface area contributed by atoms with E-state index in [9.17, 15) is 4.79 Å². The molecule has 1 aliphatic heterocycles. The van der Waals surface area contributed by atoms with Crippen LogP contribution in [0.5, 0.6) is 5.75 Å². The van der Waals surface area contributed by atoms with Gasteiger partial charge in [-0.25, -0.2) is 0 Å². The first-order chi connectivity index (χ1) is 7.55. The lowest BCUT2D eigenvalue weighted by molar-refractivity contribution is -0.132. The molecule has 1 amide bonds. The van der Waals surface area contributed by atoms with Gasteiger partial charge < -0.3 is 20.9 Å². The number of anilines is 2. The van der Waals surface area contributed by atoms with Gasteiger partial charge in [-0.05, 0) is 25.1 Å². The predicted molar refractivity (Wildman–Crippen MR) is 60.2 cm³/mol. The van der Waals surface area contributed by atoms with Crippen LogP contribution in [0.2, 0.25) is 0 Å².